The van der Waals surface area contributed by atoms with Crippen molar-refractivity contribution in [2.75, 3.05) is 27.8 Å². The fraction of sp³-hybridized carbons (Fsp3) is 0.450. The van der Waals surface area contributed by atoms with Crippen molar-refractivity contribution in [2.24, 2.45) is 0 Å². The molecule has 5 nitrogen and oxygen atoms in total. The Labute approximate surface area is 200 Å². The zero-order valence-corrected chi connectivity index (χ0v) is 21.0. The van der Waals surface area contributed by atoms with Gasteiger partial charge in [0.25, 0.3) is 0 Å². The molecule has 0 amide bonds. The van der Waals surface area contributed by atoms with Crippen molar-refractivity contribution in [3.05, 3.63) is 48.9 Å². The number of halogens is 1. The van der Waals surface area contributed by atoms with Crippen molar-refractivity contribution in [1.29, 1.82) is 0 Å². The molecular weight excluding hydrogens is 532 g/mol. The number of benzene rings is 1. The van der Waals surface area contributed by atoms with Crippen molar-refractivity contribution < 1.29 is 47.0 Å². The van der Waals surface area contributed by atoms with Crippen LogP contribution >= 0.6 is 22.6 Å². The molecule has 1 aromatic rings. The third-order valence-electron chi connectivity index (χ3n) is 5.55. The number of ether oxygens (including phenoxy) is 2. The topological polar surface area (TPSA) is 50.8 Å². The van der Waals surface area contributed by atoms with Crippen LogP contribution in [0.4, 0.5) is 0 Å². The fourth-order valence-electron chi connectivity index (χ4n) is 4.08. The van der Waals surface area contributed by atoms with Crippen LogP contribution in [0.2, 0.25) is 0 Å². The Morgan fingerprint density at radius 3 is 2.74 bits per heavy atom. The number of likely N-dealkylation sites (N-methyl/N-ethyl adjacent to an activating group) is 1. The largest absolute Gasteiger partial charge is 0.493 e. The summed E-state index contributed by atoms with van der Waals surface area (Å²) >= 11 is 1.79. The Hall–Kier alpha value is -0.146. The summed E-state index contributed by atoms with van der Waals surface area (Å²) in [5, 5.41) is 3.25. The molecule has 1 N–H and O–H groups in total. The van der Waals surface area contributed by atoms with E-state index >= 15 is 0 Å². The van der Waals surface area contributed by atoms with Crippen LogP contribution in [-0.2, 0) is 42.9 Å². The predicted octanol–water partition coefficient (Wildman–Crippen LogP) is 2.89. The van der Waals surface area contributed by atoms with Gasteiger partial charge in [0.05, 0.1) is 14.2 Å². The molecule has 1 aromatic carbocycles. The molecule has 3 rings (SSSR count). The Balaban J connectivity index is 0.00000261. The number of methoxy groups -OCH3 is 2. The average Bonchev–Trinajstić information content (AvgIpc) is 2.98. The molecule has 1 unspecified atom stereocenters. The average molecular weight is 557 g/mol. The number of carbonyl (C=O) groups is 1. The van der Waals surface area contributed by atoms with Gasteiger partial charge in [-0.25, -0.2) is 12.2 Å². The number of rotatable bonds is 6. The van der Waals surface area contributed by atoms with E-state index in [2.05, 4.69) is 48.5 Å². The zero-order valence-electron chi connectivity index (χ0n) is 16.0. The van der Waals surface area contributed by atoms with Crippen LogP contribution < -0.4 is 14.8 Å². The Morgan fingerprint density at radius 1 is 1.41 bits per heavy atom. The van der Waals surface area contributed by atoms with Crippen LogP contribution in [0.15, 0.2) is 30.4 Å². The van der Waals surface area contributed by atoms with Gasteiger partial charge in [-0.3, -0.25) is 4.79 Å². The first-order valence-corrected chi connectivity index (χ1v) is 9.76. The van der Waals surface area contributed by atoms with Crippen LogP contribution in [0.25, 0.3) is 0 Å². The van der Waals surface area contributed by atoms with Gasteiger partial charge in [-0.15, -0.1) is 0 Å². The number of likely N-dealkylation sites (tertiary alicyclic amines) is 1. The first-order valence-electron chi connectivity index (χ1n) is 8.68. The minimum atomic E-state index is -0.421. The van der Waals surface area contributed by atoms with E-state index in [9.17, 15) is 4.79 Å². The number of nitrogens with one attached hydrogen (secondary N) is 1. The molecule has 0 bridgehead atoms. The van der Waals surface area contributed by atoms with Crippen molar-refractivity contribution in [2.45, 2.75) is 30.3 Å². The molecule has 1 heterocycles. The van der Waals surface area contributed by atoms with Gasteiger partial charge in [-0.1, -0.05) is 18.5 Å². The molecule has 1 radical (unpaired) electrons. The molecule has 0 saturated carbocycles. The summed E-state index contributed by atoms with van der Waals surface area (Å²) in [6, 6.07) is 7.16. The van der Waals surface area contributed by atoms with Crippen molar-refractivity contribution in [3.63, 3.8) is 0 Å². The van der Waals surface area contributed by atoms with Crippen molar-refractivity contribution in [1.82, 2.24) is 10.2 Å². The number of hydrogen-bond acceptors (Lipinski definition) is 5. The van der Waals surface area contributed by atoms with Gasteiger partial charge in [0.1, 0.15) is 0 Å². The number of hydrogen-bond donors (Lipinski definition) is 1. The molecule has 0 spiro atoms. The monoisotopic (exact) mass is 557 g/mol. The molecule has 7 heteroatoms. The second kappa shape index (κ2) is 9.57. The summed E-state index contributed by atoms with van der Waals surface area (Å²) in [4.78, 5) is 13.9. The number of nitrogens with zero attached hydrogens (tertiary/aromatic N) is 1. The number of carbonyl (C=O) groups excluding carboxylic acids is 1. The van der Waals surface area contributed by atoms with E-state index in [0.29, 0.717) is 6.04 Å². The van der Waals surface area contributed by atoms with Crippen LogP contribution in [0, 0.1) is 13.0 Å². The quantitative estimate of drug-likeness (QED) is 0.332. The molecule has 27 heavy (non-hydrogen) atoms. The van der Waals surface area contributed by atoms with Gasteiger partial charge in [-0.2, -0.15) is 6.04 Å². The van der Waals surface area contributed by atoms with Gasteiger partial charge >= 0.3 is 0 Å². The maximum Gasteiger partial charge on any atom is 0.177 e. The molecule has 145 valence electrons. The second-order valence-electron chi connectivity index (χ2n) is 6.92. The van der Waals surface area contributed by atoms with Gasteiger partial charge in [0, 0.05) is 32.7 Å². The van der Waals surface area contributed by atoms with Gasteiger partial charge in [0.15, 0.2) is 15.3 Å². The van der Waals surface area contributed by atoms with Crippen LogP contribution in [0.1, 0.15) is 18.4 Å². The van der Waals surface area contributed by atoms with Crippen molar-refractivity contribution in [3.8, 4) is 11.5 Å². The Morgan fingerprint density at radius 2 is 2.11 bits per heavy atom. The van der Waals surface area contributed by atoms with E-state index in [1.165, 1.54) is 5.56 Å². The van der Waals surface area contributed by atoms with E-state index in [4.69, 9.17) is 9.47 Å². The Bertz CT molecular complexity index is 714. The summed E-state index contributed by atoms with van der Waals surface area (Å²) in [7, 11) is 5.48. The molecule has 1 fully saturated rings. The third-order valence-corrected chi connectivity index (χ3v) is 6.31. The van der Waals surface area contributed by atoms with Gasteiger partial charge in [0.2, 0.25) is 0 Å². The van der Waals surface area contributed by atoms with Crippen molar-refractivity contribution >= 4 is 26.4 Å². The summed E-state index contributed by atoms with van der Waals surface area (Å²) < 4.78 is 10.9. The summed E-state index contributed by atoms with van der Waals surface area (Å²) in [5.74, 6) is 1.49. The Kier molecular flexibility index (Phi) is 8.20. The SMILES string of the molecule is [CH2-]C(N[C-]1C=C[C@@]2(c3ccc(OC)c(OC)c3)CCN(C)[C@H]2C1)C(=O)I.[Y]. The van der Waals surface area contributed by atoms with E-state index in [0.717, 1.165) is 36.9 Å². The molecule has 3 atom stereocenters. The van der Waals surface area contributed by atoms with Crippen LogP contribution in [0.3, 0.4) is 0 Å². The van der Waals surface area contributed by atoms with Gasteiger partial charge in [-0.05, 0) is 71.8 Å². The van der Waals surface area contributed by atoms with E-state index in [1.54, 1.807) is 36.8 Å². The van der Waals surface area contributed by atoms with Crippen LogP contribution in [0.5, 0.6) is 11.5 Å². The minimum absolute atomic E-state index is 0. The smallest absolute Gasteiger partial charge is 0.177 e. The minimum Gasteiger partial charge on any atom is -0.493 e. The first-order chi connectivity index (χ1) is 12.4. The van der Waals surface area contributed by atoms with Crippen LogP contribution in [-0.4, -0.2) is 48.6 Å². The van der Waals surface area contributed by atoms with E-state index < -0.39 is 6.04 Å². The number of fused-ring (bicyclic) bond motifs is 1. The third kappa shape index (κ3) is 4.55. The maximum atomic E-state index is 11.5. The fourth-order valence-corrected chi connectivity index (χ4v) is 4.24. The normalized spacial score (nSPS) is 25.5. The molecular formula is C20H25IN2O3Y-2. The predicted molar refractivity (Wildman–Crippen MR) is 111 cm³/mol. The molecule has 1 aliphatic heterocycles. The molecule has 0 aromatic heterocycles. The molecule has 1 saturated heterocycles. The van der Waals surface area contributed by atoms with Gasteiger partial charge < -0.3 is 26.6 Å². The van der Waals surface area contributed by atoms with E-state index in [-0.39, 0.29) is 41.9 Å². The standard InChI is InChI=1S/C20H25IN2O3.Y/c1-13(19(21)24)22-15-7-8-20(9-10-23(2)18(20)12-15)14-5-6-16(25-3)17(11-14)26-4;/h5-8,11,13,18,22H,1,9-10,12H2,2-4H3;/q-2;/t13?,18-,20-;/m0./s1. The molecule has 1 aliphatic carbocycles. The zero-order chi connectivity index (χ0) is 18.9. The summed E-state index contributed by atoms with van der Waals surface area (Å²) in [6.45, 7) is 4.91. The van der Waals surface area contributed by atoms with E-state index in [1.807, 2.05) is 6.07 Å². The molecule has 2 aliphatic rings. The first kappa shape index (κ1) is 23.1. The maximum absolute atomic E-state index is 11.5. The second-order valence-corrected chi connectivity index (χ2v) is 7.98. The summed E-state index contributed by atoms with van der Waals surface area (Å²) in [6.07, 6.45) is 6.30. The summed E-state index contributed by atoms with van der Waals surface area (Å²) in [5.41, 5.74) is 1.17.